The van der Waals surface area contributed by atoms with Crippen LogP contribution in [-0.4, -0.2) is 13.3 Å². The van der Waals surface area contributed by atoms with Gasteiger partial charge < -0.3 is 4.99 Å². The standard InChI is InChI=1S/C6H13N/c1-3-4-5-6-7-2/h6H,3-5H2,1-2H3/b7-6-. The average Bonchev–Trinajstić information content (AvgIpc) is 1.69. The summed E-state index contributed by atoms with van der Waals surface area (Å²) in [6, 6.07) is 0. The van der Waals surface area contributed by atoms with Crippen LogP contribution >= 0.6 is 0 Å². The Bertz CT molecular complexity index is 48.1. The van der Waals surface area contributed by atoms with Gasteiger partial charge in [0.1, 0.15) is 0 Å². The van der Waals surface area contributed by atoms with E-state index in [0.717, 1.165) is 6.42 Å². The van der Waals surface area contributed by atoms with Crippen molar-refractivity contribution in [2.75, 3.05) is 7.05 Å². The molecule has 0 spiro atoms. The first kappa shape index (κ1) is 6.67. The van der Waals surface area contributed by atoms with Gasteiger partial charge in [0.25, 0.3) is 0 Å². The van der Waals surface area contributed by atoms with E-state index in [0.29, 0.717) is 0 Å². The molecule has 0 N–H and O–H groups in total. The van der Waals surface area contributed by atoms with Gasteiger partial charge in [-0.2, -0.15) is 0 Å². The summed E-state index contributed by atoms with van der Waals surface area (Å²) >= 11 is 0. The lowest BCUT2D eigenvalue weighted by molar-refractivity contribution is 0.842. The lowest BCUT2D eigenvalue weighted by Gasteiger charge is -1.83. The van der Waals surface area contributed by atoms with Crippen LogP contribution in [0.25, 0.3) is 0 Å². The van der Waals surface area contributed by atoms with Crippen LogP contribution in [0.5, 0.6) is 0 Å². The molecule has 0 fully saturated rings. The molecule has 0 aliphatic rings. The summed E-state index contributed by atoms with van der Waals surface area (Å²) in [7, 11) is 1.82. The first-order valence-electron chi connectivity index (χ1n) is 2.82. The maximum Gasteiger partial charge on any atom is 0.0273 e. The van der Waals surface area contributed by atoms with Crippen molar-refractivity contribution in [1.29, 1.82) is 0 Å². The molecule has 0 aliphatic heterocycles. The van der Waals surface area contributed by atoms with E-state index in [1.54, 1.807) is 0 Å². The number of unbranched alkanes of at least 4 members (excludes halogenated alkanes) is 2. The molecule has 0 aromatic carbocycles. The summed E-state index contributed by atoms with van der Waals surface area (Å²) in [6.07, 6.45) is 5.65. The maximum absolute atomic E-state index is 3.85. The van der Waals surface area contributed by atoms with Gasteiger partial charge in [0.2, 0.25) is 0 Å². The minimum atomic E-state index is 1.15. The summed E-state index contributed by atoms with van der Waals surface area (Å²) in [6.45, 7) is 2.18. The Morgan fingerprint density at radius 2 is 2.29 bits per heavy atom. The summed E-state index contributed by atoms with van der Waals surface area (Å²) < 4.78 is 0. The predicted molar refractivity (Wildman–Crippen MR) is 33.9 cm³/mol. The molecule has 0 saturated heterocycles. The summed E-state index contributed by atoms with van der Waals surface area (Å²) in [5, 5.41) is 0. The van der Waals surface area contributed by atoms with E-state index >= 15 is 0 Å². The molecule has 0 aromatic rings. The van der Waals surface area contributed by atoms with E-state index in [4.69, 9.17) is 0 Å². The number of hydrogen-bond acceptors (Lipinski definition) is 1. The Kier molecular flexibility index (Phi) is 5.40. The van der Waals surface area contributed by atoms with Gasteiger partial charge >= 0.3 is 0 Å². The molecule has 0 atom stereocenters. The smallest absolute Gasteiger partial charge is 0.0273 e. The van der Waals surface area contributed by atoms with Crippen molar-refractivity contribution in [3.8, 4) is 0 Å². The summed E-state index contributed by atoms with van der Waals surface area (Å²) in [5.74, 6) is 0. The normalized spacial score (nSPS) is 10.6. The summed E-state index contributed by atoms with van der Waals surface area (Å²) in [5.41, 5.74) is 0. The zero-order chi connectivity index (χ0) is 5.54. The number of nitrogens with zero attached hydrogens (tertiary/aromatic N) is 1. The molecule has 0 aromatic heterocycles. The molecule has 7 heavy (non-hydrogen) atoms. The maximum atomic E-state index is 3.85. The van der Waals surface area contributed by atoms with Crippen molar-refractivity contribution in [2.45, 2.75) is 26.2 Å². The van der Waals surface area contributed by atoms with Crippen LogP contribution in [-0.2, 0) is 0 Å². The van der Waals surface area contributed by atoms with Crippen molar-refractivity contribution in [3.05, 3.63) is 0 Å². The molecule has 0 radical (unpaired) electrons. The molecule has 0 saturated carbocycles. The SMILES string of the molecule is CCCC/C=N\C. The highest BCUT2D eigenvalue weighted by atomic mass is 14.6. The Balaban J connectivity index is 2.69. The molecule has 0 amide bonds. The monoisotopic (exact) mass is 99.1 g/mol. The van der Waals surface area contributed by atoms with E-state index in [1.165, 1.54) is 12.8 Å². The van der Waals surface area contributed by atoms with Gasteiger partial charge in [-0.1, -0.05) is 13.3 Å². The van der Waals surface area contributed by atoms with E-state index in [2.05, 4.69) is 11.9 Å². The number of hydrogen-bond donors (Lipinski definition) is 0. The van der Waals surface area contributed by atoms with E-state index in [9.17, 15) is 0 Å². The van der Waals surface area contributed by atoms with Gasteiger partial charge in [-0.25, -0.2) is 0 Å². The zero-order valence-corrected chi connectivity index (χ0v) is 5.15. The molecule has 0 rings (SSSR count). The van der Waals surface area contributed by atoms with Crippen LogP contribution in [0.15, 0.2) is 4.99 Å². The first-order chi connectivity index (χ1) is 3.41. The highest BCUT2D eigenvalue weighted by Gasteiger charge is 1.74. The third-order valence-electron chi connectivity index (χ3n) is 0.869. The van der Waals surface area contributed by atoms with Crippen molar-refractivity contribution in [2.24, 2.45) is 4.99 Å². The molecule has 0 heterocycles. The first-order valence-corrected chi connectivity index (χ1v) is 2.82. The van der Waals surface area contributed by atoms with Crippen LogP contribution in [0.2, 0.25) is 0 Å². The summed E-state index contributed by atoms with van der Waals surface area (Å²) in [4.78, 5) is 3.85. The molecular weight excluding hydrogens is 86.1 g/mol. The molecular formula is C6H13N. The Morgan fingerprint density at radius 3 is 2.71 bits per heavy atom. The van der Waals surface area contributed by atoms with Crippen molar-refractivity contribution in [3.63, 3.8) is 0 Å². The fourth-order valence-corrected chi connectivity index (χ4v) is 0.425. The van der Waals surface area contributed by atoms with E-state index < -0.39 is 0 Å². The molecule has 0 unspecified atom stereocenters. The van der Waals surface area contributed by atoms with E-state index in [1.807, 2.05) is 13.3 Å². The highest BCUT2D eigenvalue weighted by molar-refractivity contribution is 5.56. The van der Waals surface area contributed by atoms with Gasteiger partial charge in [0, 0.05) is 7.05 Å². The topological polar surface area (TPSA) is 12.4 Å². The van der Waals surface area contributed by atoms with Crippen LogP contribution < -0.4 is 0 Å². The fourth-order valence-electron chi connectivity index (χ4n) is 0.425. The average molecular weight is 99.2 g/mol. The zero-order valence-electron chi connectivity index (χ0n) is 5.15. The quantitative estimate of drug-likeness (QED) is 0.378. The van der Waals surface area contributed by atoms with Gasteiger partial charge in [0.05, 0.1) is 0 Å². The van der Waals surface area contributed by atoms with Crippen molar-refractivity contribution in [1.82, 2.24) is 0 Å². The molecule has 1 nitrogen and oxygen atoms in total. The largest absolute Gasteiger partial charge is 0.301 e. The number of rotatable bonds is 3. The van der Waals surface area contributed by atoms with Crippen molar-refractivity contribution < 1.29 is 0 Å². The Morgan fingerprint density at radius 1 is 1.57 bits per heavy atom. The minimum Gasteiger partial charge on any atom is -0.301 e. The number of aliphatic imine (C=N–C) groups is 1. The molecule has 42 valence electrons. The highest BCUT2D eigenvalue weighted by Crippen LogP contribution is 1.88. The van der Waals surface area contributed by atoms with Crippen LogP contribution in [0.4, 0.5) is 0 Å². The molecule has 0 aliphatic carbocycles. The van der Waals surface area contributed by atoms with Crippen LogP contribution in [0.3, 0.4) is 0 Å². The lowest BCUT2D eigenvalue weighted by atomic mass is 10.3. The van der Waals surface area contributed by atoms with Gasteiger partial charge in [0.15, 0.2) is 0 Å². The van der Waals surface area contributed by atoms with Gasteiger partial charge in [-0.3, -0.25) is 0 Å². The van der Waals surface area contributed by atoms with Crippen LogP contribution in [0, 0.1) is 0 Å². The molecule has 1 heteroatoms. The predicted octanol–water partition coefficient (Wildman–Crippen LogP) is 1.88. The Hall–Kier alpha value is -0.330. The second-order valence-electron chi connectivity index (χ2n) is 1.58. The minimum absolute atomic E-state index is 1.15. The third kappa shape index (κ3) is 5.67. The lowest BCUT2D eigenvalue weighted by Crippen LogP contribution is -1.72. The van der Waals surface area contributed by atoms with Crippen LogP contribution in [0.1, 0.15) is 26.2 Å². The van der Waals surface area contributed by atoms with Gasteiger partial charge in [-0.05, 0) is 19.1 Å². The second-order valence-corrected chi connectivity index (χ2v) is 1.58. The molecule has 0 bridgehead atoms. The fraction of sp³-hybridized carbons (Fsp3) is 0.833. The third-order valence-corrected chi connectivity index (χ3v) is 0.869. The second kappa shape index (κ2) is 5.67. The van der Waals surface area contributed by atoms with E-state index in [-0.39, 0.29) is 0 Å². The van der Waals surface area contributed by atoms with Crippen molar-refractivity contribution >= 4 is 6.21 Å². The Labute approximate surface area is 45.5 Å². The van der Waals surface area contributed by atoms with Gasteiger partial charge in [-0.15, -0.1) is 0 Å².